The van der Waals surface area contributed by atoms with Gasteiger partial charge in [-0.15, -0.1) is 0 Å². The third-order valence-electron chi connectivity index (χ3n) is 4.51. The van der Waals surface area contributed by atoms with Gasteiger partial charge < -0.3 is 4.57 Å². The molecule has 0 bridgehead atoms. The number of hydrogen-bond acceptors (Lipinski definition) is 1. The molecule has 1 atom stereocenters. The highest BCUT2D eigenvalue weighted by molar-refractivity contribution is 5.90. The number of carbonyl (C=O) groups is 1. The van der Waals surface area contributed by atoms with Gasteiger partial charge in [-0.25, -0.2) is 0 Å². The van der Waals surface area contributed by atoms with Crippen molar-refractivity contribution in [1.29, 1.82) is 0 Å². The van der Waals surface area contributed by atoms with Crippen LogP contribution in [0.4, 0.5) is 0 Å². The predicted octanol–water partition coefficient (Wildman–Crippen LogP) is 3.71. The van der Waals surface area contributed by atoms with E-state index in [-0.39, 0.29) is 5.92 Å². The van der Waals surface area contributed by atoms with Crippen LogP contribution in [-0.2, 0) is 18.3 Å². The minimum Gasteiger partial charge on any atom is -0.350 e. The van der Waals surface area contributed by atoms with Crippen molar-refractivity contribution in [3.8, 4) is 0 Å². The number of benzene rings is 1. The molecule has 0 aliphatic heterocycles. The molecule has 1 aromatic carbocycles. The van der Waals surface area contributed by atoms with E-state index in [1.54, 1.807) is 0 Å². The van der Waals surface area contributed by atoms with Gasteiger partial charge in [-0.1, -0.05) is 12.1 Å². The van der Waals surface area contributed by atoms with Crippen molar-refractivity contribution < 1.29 is 4.79 Å². The highest BCUT2D eigenvalue weighted by atomic mass is 16.1. The van der Waals surface area contributed by atoms with Crippen molar-refractivity contribution in [2.45, 2.75) is 39.5 Å². The van der Waals surface area contributed by atoms with Gasteiger partial charge >= 0.3 is 0 Å². The van der Waals surface area contributed by atoms with Crippen LogP contribution in [0.15, 0.2) is 18.3 Å². The number of hydrogen-bond donors (Lipinski definition) is 0. The summed E-state index contributed by atoms with van der Waals surface area (Å²) in [7, 11) is 2.11. The van der Waals surface area contributed by atoms with E-state index in [1.165, 1.54) is 27.6 Å². The average molecular weight is 255 g/mol. The maximum atomic E-state index is 11.9. The number of Topliss-reactive ketones (excluding diaryl/α,β-unsaturated/α-hetero) is 1. The lowest BCUT2D eigenvalue weighted by atomic mass is 9.95. The molecule has 0 saturated heterocycles. The lowest BCUT2D eigenvalue weighted by Gasteiger charge is -2.08. The first-order valence-corrected chi connectivity index (χ1v) is 7.14. The monoisotopic (exact) mass is 255 g/mol. The number of aryl methyl sites for hydroxylation is 3. The van der Waals surface area contributed by atoms with Crippen LogP contribution < -0.4 is 0 Å². The normalized spacial score (nSPS) is 19.5. The summed E-state index contributed by atoms with van der Waals surface area (Å²) in [4.78, 5) is 11.9. The third kappa shape index (κ3) is 1.99. The zero-order chi connectivity index (χ0) is 13.6. The smallest absolute Gasteiger partial charge is 0.136 e. The topological polar surface area (TPSA) is 22.0 Å². The summed E-state index contributed by atoms with van der Waals surface area (Å²) in [6.45, 7) is 4.33. The number of aromatic nitrogens is 1. The van der Waals surface area contributed by atoms with Crippen molar-refractivity contribution in [3.05, 3.63) is 35.0 Å². The Labute approximate surface area is 114 Å². The zero-order valence-electron chi connectivity index (χ0n) is 12.0. The number of fused-ring (bicyclic) bond motifs is 1. The molecule has 19 heavy (non-hydrogen) atoms. The van der Waals surface area contributed by atoms with Gasteiger partial charge in [-0.2, -0.15) is 0 Å². The van der Waals surface area contributed by atoms with E-state index in [4.69, 9.17) is 0 Å². The first-order chi connectivity index (χ1) is 9.08. The van der Waals surface area contributed by atoms with Crippen LogP contribution in [0.2, 0.25) is 0 Å². The summed E-state index contributed by atoms with van der Waals surface area (Å²) in [5.41, 5.74) is 5.30. The van der Waals surface area contributed by atoms with E-state index < -0.39 is 0 Å². The fourth-order valence-corrected chi connectivity index (χ4v) is 3.54. The fourth-order valence-electron chi connectivity index (χ4n) is 3.54. The number of rotatable bonds is 2. The summed E-state index contributed by atoms with van der Waals surface area (Å²) in [5, 5.41) is 1.36. The van der Waals surface area contributed by atoms with Crippen molar-refractivity contribution in [2.75, 3.05) is 0 Å². The van der Waals surface area contributed by atoms with Crippen molar-refractivity contribution in [3.63, 3.8) is 0 Å². The number of carbonyl (C=O) groups excluding carboxylic acids is 1. The summed E-state index contributed by atoms with van der Waals surface area (Å²) in [6, 6.07) is 4.37. The van der Waals surface area contributed by atoms with Crippen LogP contribution in [0.25, 0.3) is 10.9 Å². The quantitative estimate of drug-likeness (QED) is 0.802. The van der Waals surface area contributed by atoms with E-state index in [1.807, 2.05) is 0 Å². The van der Waals surface area contributed by atoms with Crippen molar-refractivity contribution in [2.24, 2.45) is 13.0 Å². The molecule has 0 amide bonds. The molecular formula is C17H21NO. The van der Waals surface area contributed by atoms with Crippen LogP contribution in [0.3, 0.4) is 0 Å². The van der Waals surface area contributed by atoms with Crippen molar-refractivity contribution in [1.82, 2.24) is 4.57 Å². The van der Waals surface area contributed by atoms with Gasteiger partial charge in [0.25, 0.3) is 0 Å². The number of ketones is 1. The molecule has 1 aliphatic rings. The lowest BCUT2D eigenvalue weighted by Crippen LogP contribution is -2.09. The molecule has 0 N–H and O–H groups in total. The third-order valence-corrected chi connectivity index (χ3v) is 4.51. The molecule has 0 radical (unpaired) electrons. The van der Waals surface area contributed by atoms with Gasteiger partial charge in [-0.3, -0.25) is 4.79 Å². The van der Waals surface area contributed by atoms with Crippen LogP contribution in [0.1, 0.15) is 36.0 Å². The molecule has 1 unspecified atom stereocenters. The van der Waals surface area contributed by atoms with Crippen LogP contribution in [-0.4, -0.2) is 10.4 Å². The van der Waals surface area contributed by atoms with E-state index in [2.05, 4.69) is 43.8 Å². The van der Waals surface area contributed by atoms with Gasteiger partial charge in [0.05, 0.1) is 5.52 Å². The Morgan fingerprint density at radius 2 is 2.00 bits per heavy atom. The maximum absolute atomic E-state index is 11.9. The molecule has 0 spiro atoms. The highest BCUT2D eigenvalue weighted by Gasteiger charge is 2.26. The van der Waals surface area contributed by atoms with Crippen molar-refractivity contribution >= 4 is 16.7 Å². The summed E-state index contributed by atoms with van der Waals surface area (Å²) in [6.07, 6.45) is 6.07. The van der Waals surface area contributed by atoms with Gasteiger partial charge in [0.2, 0.25) is 0 Å². The average Bonchev–Trinajstić information content (AvgIpc) is 2.91. The minimum absolute atomic E-state index is 0.255. The lowest BCUT2D eigenvalue weighted by molar-refractivity contribution is -0.120. The van der Waals surface area contributed by atoms with E-state index in [9.17, 15) is 4.79 Å². The molecule has 2 aromatic rings. The zero-order valence-corrected chi connectivity index (χ0v) is 12.0. The molecule has 2 nitrogen and oxygen atoms in total. The Balaban J connectivity index is 2.09. The van der Waals surface area contributed by atoms with Gasteiger partial charge in [0.1, 0.15) is 5.78 Å². The molecule has 1 heterocycles. The minimum atomic E-state index is 0.255. The first-order valence-electron chi connectivity index (χ1n) is 7.14. The molecule has 100 valence electrons. The van der Waals surface area contributed by atoms with Gasteiger partial charge in [0.15, 0.2) is 0 Å². The molecular weight excluding hydrogens is 234 g/mol. The Hall–Kier alpha value is -1.57. The molecule has 1 fully saturated rings. The maximum Gasteiger partial charge on any atom is 0.136 e. The summed E-state index contributed by atoms with van der Waals surface area (Å²) in [5.74, 6) is 0.716. The Morgan fingerprint density at radius 3 is 2.68 bits per heavy atom. The molecule has 2 heteroatoms. The fraction of sp³-hybridized carbons (Fsp3) is 0.471. The SMILES string of the molecule is Cc1ccc(C)c2c1c(CC1CCCC1=O)cn2C. The van der Waals surface area contributed by atoms with Crippen LogP contribution in [0, 0.1) is 19.8 Å². The van der Waals surface area contributed by atoms with Crippen LogP contribution in [0.5, 0.6) is 0 Å². The summed E-state index contributed by atoms with van der Waals surface area (Å²) < 4.78 is 2.21. The second-order valence-corrected chi connectivity index (χ2v) is 5.95. The van der Waals surface area contributed by atoms with Crippen LogP contribution >= 0.6 is 0 Å². The van der Waals surface area contributed by atoms with Gasteiger partial charge in [-0.05, 0) is 49.8 Å². The molecule has 1 aromatic heterocycles. The standard InChI is InChI=1S/C17H21NO/c1-11-7-8-12(2)17-16(11)14(10-18(17)3)9-13-5-4-6-15(13)19/h7-8,10,13H,4-6,9H2,1-3H3. The summed E-state index contributed by atoms with van der Waals surface area (Å²) >= 11 is 0. The number of nitrogens with zero attached hydrogens (tertiary/aromatic N) is 1. The largest absolute Gasteiger partial charge is 0.350 e. The predicted molar refractivity (Wildman–Crippen MR) is 78.4 cm³/mol. The Bertz CT molecular complexity index is 651. The van der Waals surface area contributed by atoms with E-state index in [0.717, 1.165) is 25.7 Å². The second-order valence-electron chi connectivity index (χ2n) is 5.95. The molecule has 1 aliphatic carbocycles. The second kappa shape index (κ2) is 4.52. The molecule has 1 saturated carbocycles. The van der Waals surface area contributed by atoms with Gasteiger partial charge in [0, 0.05) is 31.0 Å². The Kier molecular flexibility index (Phi) is 2.96. The highest BCUT2D eigenvalue weighted by Crippen LogP contribution is 2.32. The Morgan fingerprint density at radius 1 is 1.26 bits per heavy atom. The first kappa shape index (κ1) is 12.5. The van der Waals surface area contributed by atoms with E-state index in [0.29, 0.717) is 5.78 Å². The molecule has 3 rings (SSSR count). The van der Waals surface area contributed by atoms with E-state index >= 15 is 0 Å².